The van der Waals surface area contributed by atoms with Crippen LogP contribution in [0.25, 0.3) is 22.4 Å². The Morgan fingerprint density at radius 1 is 0.885 bits per heavy atom. The van der Waals surface area contributed by atoms with Crippen LogP contribution >= 0.6 is 0 Å². The predicted molar refractivity (Wildman–Crippen MR) is 117 cm³/mol. The van der Waals surface area contributed by atoms with Crippen molar-refractivity contribution < 1.29 is 2.74 Å². The van der Waals surface area contributed by atoms with E-state index in [1.54, 1.807) is 0 Å². The molecule has 0 spiro atoms. The average molecular weight is 406 g/mol. The van der Waals surface area contributed by atoms with Crippen LogP contribution in [0.1, 0.15) is 22.2 Å². The van der Waals surface area contributed by atoms with E-state index in [1.165, 1.54) is 5.56 Å². The van der Waals surface area contributed by atoms with E-state index in [0.29, 0.717) is 0 Å². The van der Waals surface area contributed by atoms with E-state index in [9.17, 15) is 0 Å². The van der Waals surface area contributed by atoms with Gasteiger partial charge in [-0.2, -0.15) is 0 Å². The van der Waals surface area contributed by atoms with Gasteiger partial charge in [-0.25, -0.2) is 0 Å². The fourth-order valence-corrected chi connectivity index (χ4v) is 6.08. The quantitative estimate of drug-likeness (QED) is 0.463. The Balaban J connectivity index is 2.14. The van der Waals surface area contributed by atoms with Gasteiger partial charge in [0, 0.05) is 0 Å². The van der Waals surface area contributed by atoms with Gasteiger partial charge in [0.1, 0.15) is 0 Å². The Morgan fingerprint density at radius 3 is 2.19 bits per heavy atom. The maximum absolute atomic E-state index is 8.75. The molecular weight excluding hydrogens is 375 g/mol. The standard InChI is InChI=1S/C24H29GeN/c1-18(2)14-22-16-24(26-17-23(22)25(3,4)5)21-13-9-12-20(15-21)19-10-7-6-8-11-19/h6-13,15-18H,14H2,1-5H3/i14D2. The van der Waals surface area contributed by atoms with Gasteiger partial charge in [0.15, 0.2) is 0 Å². The summed E-state index contributed by atoms with van der Waals surface area (Å²) in [6, 6.07) is 20.7. The number of nitrogens with zero attached hydrogens (tertiary/aromatic N) is 1. The molecule has 0 amide bonds. The van der Waals surface area contributed by atoms with Crippen molar-refractivity contribution in [2.75, 3.05) is 0 Å². The number of aromatic nitrogens is 1. The summed E-state index contributed by atoms with van der Waals surface area (Å²) in [5.41, 5.74) is 5.00. The first-order chi connectivity index (χ1) is 13.1. The number of hydrogen-bond donors (Lipinski definition) is 0. The van der Waals surface area contributed by atoms with Crippen molar-refractivity contribution in [3.63, 3.8) is 0 Å². The minimum atomic E-state index is -2.27. The number of rotatable bonds is 5. The van der Waals surface area contributed by atoms with Crippen LogP contribution in [0.5, 0.6) is 0 Å². The Labute approximate surface area is 163 Å². The zero-order chi connectivity index (χ0) is 20.5. The first kappa shape index (κ1) is 16.3. The van der Waals surface area contributed by atoms with Crippen molar-refractivity contribution in [3.8, 4) is 22.4 Å². The van der Waals surface area contributed by atoms with E-state index in [-0.39, 0.29) is 5.92 Å². The number of benzene rings is 2. The van der Waals surface area contributed by atoms with Crippen molar-refractivity contribution in [1.82, 2.24) is 4.98 Å². The molecule has 1 nitrogen and oxygen atoms in total. The summed E-state index contributed by atoms with van der Waals surface area (Å²) in [4.78, 5) is 4.76. The zero-order valence-corrected chi connectivity index (χ0v) is 18.5. The van der Waals surface area contributed by atoms with Crippen LogP contribution in [0.2, 0.25) is 17.3 Å². The molecule has 26 heavy (non-hydrogen) atoms. The van der Waals surface area contributed by atoms with Gasteiger partial charge >= 0.3 is 164 Å². The molecule has 1 heterocycles. The minimum absolute atomic E-state index is 0.0955. The molecule has 3 aromatic rings. The third kappa shape index (κ3) is 4.45. The van der Waals surface area contributed by atoms with Gasteiger partial charge in [-0.05, 0) is 0 Å². The molecule has 0 bridgehead atoms. The fraction of sp³-hybridized carbons (Fsp3) is 0.292. The third-order valence-corrected chi connectivity index (χ3v) is 8.65. The van der Waals surface area contributed by atoms with Crippen molar-refractivity contribution in [1.29, 1.82) is 0 Å². The summed E-state index contributed by atoms with van der Waals surface area (Å²) in [5.74, 6) is 6.80. The fourth-order valence-electron chi connectivity index (χ4n) is 3.13. The molecule has 3 rings (SSSR count). The molecule has 0 aliphatic rings. The van der Waals surface area contributed by atoms with Gasteiger partial charge < -0.3 is 0 Å². The molecule has 0 fully saturated rings. The zero-order valence-electron chi connectivity index (χ0n) is 18.4. The Kier molecular flexibility index (Phi) is 4.89. The Hall–Kier alpha value is -1.87. The monoisotopic (exact) mass is 407 g/mol. The molecule has 1 aromatic heterocycles. The van der Waals surface area contributed by atoms with Gasteiger partial charge in [0.05, 0.1) is 0 Å². The van der Waals surface area contributed by atoms with E-state index in [2.05, 4.69) is 47.6 Å². The second-order valence-corrected chi connectivity index (χ2v) is 18.7. The van der Waals surface area contributed by atoms with E-state index in [0.717, 1.165) is 26.8 Å². The first-order valence-corrected chi connectivity index (χ1v) is 16.6. The second kappa shape index (κ2) is 7.79. The van der Waals surface area contributed by atoms with Gasteiger partial charge in [-0.1, -0.05) is 0 Å². The summed E-state index contributed by atoms with van der Waals surface area (Å²) < 4.78 is 18.6. The van der Waals surface area contributed by atoms with Gasteiger partial charge in [0.2, 0.25) is 0 Å². The molecule has 2 heteroatoms. The summed E-state index contributed by atoms with van der Waals surface area (Å²) in [6.07, 6.45) is 0.572. The molecule has 0 aliphatic carbocycles. The average Bonchev–Trinajstić information content (AvgIpc) is 2.67. The number of pyridine rings is 1. The number of hydrogen-bond acceptors (Lipinski definition) is 1. The summed E-state index contributed by atoms with van der Waals surface area (Å²) in [6.45, 7) is 3.91. The molecule has 0 saturated heterocycles. The van der Waals surface area contributed by atoms with Gasteiger partial charge in [0.25, 0.3) is 0 Å². The molecule has 0 aliphatic heterocycles. The summed E-state index contributed by atoms with van der Waals surface area (Å²) >= 11 is -2.27. The summed E-state index contributed by atoms with van der Waals surface area (Å²) in [5, 5.41) is 0. The van der Waals surface area contributed by atoms with E-state index in [4.69, 9.17) is 7.73 Å². The Bertz CT molecular complexity index is 960. The van der Waals surface area contributed by atoms with Crippen LogP contribution in [-0.2, 0) is 6.37 Å². The van der Waals surface area contributed by atoms with Crippen molar-refractivity contribution in [2.45, 2.75) is 37.5 Å². The van der Waals surface area contributed by atoms with E-state index >= 15 is 0 Å². The SMILES string of the molecule is [2H]C([2H])(c1cc(-c2cccc(-c3ccccc3)c2)nc[c]1[Ge]([CH3])([CH3])[CH3])C(C)C. The molecular formula is C24H29GeN. The molecule has 0 radical (unpaired) electrons. The van der Waals surface area contributed by atoms with Crippen molar-refractivity contribution >= 4 is 17.7 Å². The van der Waals surface area contributed by atoms with Crippen LogP contribution in [0.3, 0.4) is 0 Å². The maximum atomic E-state index is 8.75. The topological polar surface area (TPSA) is 12.9 Å². The Morgan fingerprint density at radius 2 is 1.54 bits per heavy atom. The van der Waals surface area contributed by atoms with Crippen molar-refractivity contribution in [2.24, 2.45) is 5.92 Å². The van der Waals surface area contributed by atoms with Crippen LogP contribution in [-0.4, -0.2) is 18.3 Å². The first-order valence-electron chi connectivity index (χ1n) is 10.3. The molecule has 0 N–H and O–H groups in total. The molecule has 2 aromatic carbocycles. The van der Waals surface area contributed by atoms with E-state index in [1.807, 2.05) is 50.4 Å². The van der Waals surface area contributed by atoms with Gasteiger partial charge in [-0.3, -0.25) is 0 Å². The molecule has 0 atom stereocenters. The third-order valence-electron chi connectivity index (χ3n) is 4.42. The molecule has 134 valence electrons. The van der Waals surface area contributed by atoms with Gasteiger partial charge in [-0.15, -0.1) is 0 Å². The second-order valence-electron chi connectivity index (χ2n) is 8.11. The molecule has 0 saturated carbocycles. The van der Waals surface area contributed by atoms with Crippen LogP contribution in [0, 0.1) is 5.92 Å². The predicted octanol–water partition coefficient (Wildman–Crippen LogP) is 6.16. The van der Waals surface area contributed by atoms with Crippen LogP contribution in [0.4, 0.5) is 0 Å². The van der Waals surface area contributed by atoms with Crippen LogP contribution in [0.15, 0.2) is 66.9 Å². The van der Waals surface area contributed by atoms with Crippen LogP contribution < -0.4 is 4.40 Å². The van der Waals surface area contributed by atoms with Crippen molar-refractivity contribution in [3.05, 3.63) is 72.4 Å². The molecule has 0 unspecified atom stereocenters. The van der Waals surface area contributed by atoms with E-state index < -0.39 is 19.6 Å². The normalized spacial score (nSPS) is 13.5. The summed E-state index contributed by atoms with van der Waals surface area (Å²) in [7, 11) is 0.